The van der Waals surface area contributed by atoms with Crippen LogP contribution in [0.4, 0.5) is 13.2 Å². The molecule has 1 aliphatic carbocycles. The molecule has 0 radical (unpaired) electrons. The molecule has 0 amide bonds. The number of rotatable bonds is 5. The van der Waals surface area contributed by atoms with Gasteiger partial charge in [0.2, 0.25) is 0 Å². The van der Waals surface area contributed by atoms with Crippen LogP contribution >= 0.6 is 0 Å². The van der Waals surface area contributed by atoms with Gasteiger partial charge in [-0.2, -0.15) is 13.2 Å². The van der Waals surface area contributed by atoms with Gasteiger partial charge in [0.25, 0.3) is 0 Å². The predicted molar refractivity (Wildman–Crippen MR) is 111 cm³/mol. The summed E-state index contributed by atoms with van der Waals surface area (Å²) in [5, 5.41) is 11.6. The molecule has 1 saturated carbocycles. The van der Waals surface area contributed by atoms with Gasteiger partial charge in [-0.3, -0.25) is 9.30 Å². The highest BCUT2D eigenvalue weighted by Crippen LogP contribution is 2.37. The second-order valence-electron chi connectivity index (χ2n) is 9.01. The standard InChI is InChI=1S/C23H26F3N5/c1-22(18-5-3-2-4-6-18)15-30(12-10-27-22)14-17-9-11-31-19(13-16-7-8-16)28-29-21(31)20(17)23(24,25)26/h2-6,9,11,16,27H,7-8,10,12-15H2,1H3. The predicted octanol–water partition coefficient (Wildman–Crippen LogP) is 4.02. The van der Waals surface area contributed by atoms with Crippen molar-refractivity contribution in [3.63, 3.8) is 0 Å². The first-order chi connectivity index (χ1) is 14.8. The van der Waals surface area contributed by atoms with Crippen LogP contribution in [0.5, 0.6) is 0 Å². The molecule has 1 unspecified atom stereocenters. The van der Waals surface area contributed by atoms with Gasteiger partial charge in [0.05, 0.1) is 5.54 Å². The van der Waals surface area contributed by atoms with Gasteiger partial charge in [-0.25, -0.2) is 0 Å². The Morgan fingerprint density at radius 3 is 2.61 bits per heavy atom. The summed E-state index contributed by atoms with van der Waals surface area (Å²) in [5.41, 5.74) is 0.330. The van der Waals surface area contributed by atoms with E-state index in [9.17, 15) is 13.2 Å². The molecule has 164 valence electrons. The third-order valence-corrected chi connectivity index (χ3v) is 6.48. The molecule has 0 spiro atoms. The third-order valence-electron chi connectivity index (χ3n) is 6.48. The highest BCUT2D eigenvalue weighted by molar-refractivity contribution is 5.53. The fourth-order valence-electron chi connectivity index (χ4n) is 4.65. The topological polar surface area (TPSA) is 45.5 Å². The minimum Gasteiger partial charge on any atom is -0.305 e. The van der Waals surface area contributed by atoms with Crippen molar-refractivity contribution >= 4 is 5.65 Å². The fourth-order valence-corrected chi connectivity index (χ4v) is 4.65. The van der Waals surface area contributed by atoms with Gasteiger partial charge in [0.1, 0.15) is 11.4 Å². The molecule has 2 fully saturated rings. The van der Waals surface area contributed by atoms with Gasteiger partial charge in [0, 0.05) is 38.8 Å². The van der Waals surface area contributed by atoms with Crippen LogP contribution in [0.25, 0.3) is 5.65 Å². The number of nitrogens with zero attached hydrogens (tertiary/aromatic N) is 4. The summed E-state index contributed by atoms with van der Waals surface area (Å²) in [4.78, 5) is 2.09. The summed E-state index contributed by atoms with van der Waals surface area (Å²) in [5.74, 6) is 1.14. The van der Waals surface area contributed by atoms with Gasteiger partial charge in [-0.1, -0.05) is 30.3 Å². The molecule has 1 N–H and O–H groups in total. The first kappa shape index (κ1) is 20.5. The van der Waals surface area contributed by atoms with E-state index in [-0.39, 0.29) is 23.3 Å². The Morgan fingerprint density at radius 1 is 1.13 bits per heavy atom. The quantitative estimate of drug-likeness (QED) is 0.666. The Kier molecular flexibility index (Phi) is 5.01. The minimum absolute atomic E-state index is 0.0818. The van der Waals surface area contributed by atoms with Crippen LogP contribution in [0.15, 0.2) is 42.6 Å². The molecule has 2 aliphatic rings. The van der Waals surface area contributed by atoms with Crippen molar-refractivity contribution in [2.24, 2.45) is 5.92 Å². The summed E-state index contributed by atoms with van der Waals surface area (Å²) >= 11 is 0. The maximum atomic E-state index is 14.1. The van der Waals surface area contributed by atoms with E-state index in [1.54, 1.807) is 12.3 Å². The first-order valence-corrected chi connectivity index (χ1v) is 10.8. The average molecular weight is 429 g/mol. The molecule has 3 heterocycles. The van der Waals surface area contributed by atoms with E-state index in [1.807, 2.05) is 18.2 Å². The SMILES string of the molecule is CC1(c2ccccc2)CN(Cc2ccn3c(CC4CC4)nnc3c2C(F)(F)F)CCN1. The van der Waals surface area contributed by atoms with E-state index in [2.05, 4.69) is 39.5 Å². The van der Waals surface area contributed by atoms with E-state index < -0.39 is 11.7 Å². The van der Waals surface area contributed by atoms with Crippen molar-refractivity contribution in [1.82, 2.24) is 24.8 Å². The van der Waals surface area contributed by atoms with Crippen molar-refractivity contribution in [2.75, 3.05) is 19.6 Å². The van der Waals surface area contributed by atoms with Gasteiger partial charge in [0.15, 0.2) is 5.65 Å². The van der Waals surface area contributed by atoms with Crippen molar-refractivity contribution in [3.8, 4) is 0 Å². The van der Waals surface area contributed by atoms with Gasteiger partial charge in [-0.05, 0) is 42.9 Å². The van der Waals surface area contributed by atoms with E-state index >= 15 is 0 Å². The van der Waals surface area contributed by atoms with Crippen LogP contribution < -0.4 is 5.32 Å². The molecule has 8 heteroatoms. The second-order valence-corrected chi connectivity index (χ2v) is 9.01. The number of pyridine rings is 1. The van der Waals surface area contributed by atoms with Crippen LogP contribution in [0.2, 0.25) is 0 Å². The zero-order chi connectivity index (χ0) is 21.6. The Bertz CT molecular complexity index is 1070. The van der Waals surface area contributed by atoms with Crippen LogP contribution in [-0.4, -0.2) is 39.1 Å². The van der Waals surface area contributed by atoms with Crippen molar-refractivity contribution in [1.29, 1.82) is 0 Å². The highest BCUT2D eigenvalue weighted by atomic mass is 19.4. The number of benzene rings is 1. The first-order valence-electron chi connectivity index (χ1n) is 10.8. The zero-order valence-corrected chi connectivity index (χ0v) is 17.5. The van der Waals surface area contributed by atoms with E-state index in [1.165, 1.54) is 4.40 Å². The molecule has 2 aromatic heterocycles. The number of hydrogen-bond acceptors (Lipinski definition) is 4. The highest BCUT2D eigenvalue weighted by Gasteiger charge is 2.39. The summed E-state index contributed by atoms with van der Waals surface area (Å²) in [6, 6.07) is 11.7. The lowest BCUT2D eigenvalue weighted by molar-refractivity contribution is -0.137. The number of halogens is 3. The maximum absolute atomic E-state index is 14.1. The molecule has 5 nitrogen and oxygen atoms in total. The van der Waals surface area contributed by atoms with E-state index in [0.717, 1.165) is 18.4 Å². The van der Waals surface area contributed by atoms with E-state index in [4.69, 9.17) is 0 Å². The van der Waals surface area contributed by atoms with Crippen LogP contribution in [-0.2, 0) is 24.7 Å². The lowest BCUT2D eigenvalue weighted by Gasteiger charge is -2.42. The van der Waals surface area contributed by atoms with Crippen molar-refractivity contribution in [2.45, 2.75) is 44.4 Å². The van der Waals surface area contributed by atoms with Crippen LogP contribution in [0, 0.1) is 5.92 Å². The molecular formula is C23H26F3N5. The Morgan fingerprint density at radius 2 is 1.90 bits per heavy atom. The van der Waals surface area contributed by atoms with Gasteiger partial charge < -0.3 is 5.32 Å². The van der Waals surface area contributed by atoms with Crippen molar-refractivity contribution < 1.29 is 13.2 Å². The molecule has 1 saturated heterocycles. The Hall–Kier alpha value is -2.45. The molecule has 31 heavy (non-hydrogen) atoms. The number of nitrogens with one attached hydrogen (secondary N) is 1. The van der Waals surface area contributed by atoms with Gasteiger partial charge in [-0.15, -0.1) is 10.2 Å². The Labute approximate surface area is 179 Å². The van der Waals surface area contributed by atoms with Crippen LogP contribution in [0.1, 0.15) is 42.3 Å². The smallest absolute Gasteiger partial charge is 0.305 e. The van der Waals surface area contributed by atoms with E-state index in [0.29, 0.717) is 37.8 Å². The summed E-state index contributed by atoms with van der Waals surface area (Å²) in [6.45, 7) is 4.35. The van der Waals surface area contributed by atoms with Crippen LogP contribution in [0.3, 0.4) is 0 Å². The lowest BCUT2D eigenvalue weighted by Crippen LogP contribution is -2.56. The molecule has 1 aromatic carbocycles. The van der Waals surface area contributed by atoms with Crippen molar-refractivity contribution in [3.05, 3.63) is 65.1 Å². The Balaban J connectivity index is 1.45. The zero-order valence-electron chi connectivity index (χ0n) is 17.5. The summed E-state index contributed by atoms with van der Waals surface area (Å²) in [7, 11) is 0. The lowest BCUT2D eigenvalue weighted by atomic mass is 9.89. The number of fused-ring (bicyclic) bond motifs is 1. The minimum atomic E-state index is -4.49. The molecule has 1 atom stereocenters. The number of hydrogen-bond donors (Lipinski definition) is 1. The van der Waals surface area contributed by atoms with Gasteiger partial charge >= 0.3 is 6.18 Å². The molecule has 1 aliphatic heterocycles. The number of piperazine rings is 1. The summed E-state index contributed by atoms with van der Waals surface area (Å²) in [6.07, 6.45) is 0.129. The average Bonchev–Trinajstić information content (AvgIpc) is 3.46. The fraction of sp³-hybridized carbons (Fsp3) is 0.478. The molecular weight excluding hydrogens is 403 g/mol. The normalized spacial score (nSPS) is 22.8. The molecule has 5 rings (SSSR count). The summed E-state index contributed by atoms with van der Waals surface area (Å²) < 4.78 is 43.9. The third kappa shape index (κ3) is 4.06. The number of alkyl halides is 3. The number of aromatic nitrogens is 3. The second kappa shape index (κ2) is 7.60. The molecule has 0 bridgehead atoms. The maximum Gasteiger partial charge on any atom is 0.420 e. The molecule has 3 aromatic rings. The largest absolute Gasteiger partial charge is 0.420 e. The monoisotopic (exact) mass is 429 g/mol.